The van der Waals surface area contributed by atoms with Crippen LogP contribution < -0.4 is 5.32 Å². The predicted octanol–water partition coefficient (Wildman–Crippen LogP) is 3.36. The van der Waals surface area contributed by atoms with E-state index in [1.54, 1.807) is 0 Å². The lowest BCUT2D eigenvalue weighted by molar-refractivity contribution is 0.271. The van der Waals surface area contributed by atoms with Crippen LogP contribution >= 0.6 is 0 Å². The molecule has 1 aromatic carbocycles. The maximum absolute atomic E-state index is 4.60. The number of fused-ring (bicyclic) bond motifs is 1. The quantitative estimate of drug-likeness (QED) is 0.845. The van der Waals surface area contributed by atoms with Crippen LogP contribution in [0.4, 0.5) is 0 Å². The Balaban J connectivity index is 2.06. The van der Waals surface area contributed by atoms with Gasteiger partial charge in [-0.3, -0.25) is 4.98 Å². The predicted molar refractivity (Wildman–Crippen MR) is 90.6 cm³/mol. The average Bonchev–Trinajstić information content (AvgIpc) is 2.50. The lowest BCUT2D eigenvalue weighted by Crippen LogP contribution is -2.38. The van der Waals surface area contributed by atoms with Gasteiger partial charge in [0.1, 0.15) is 0 Å². The van der Waals surface area contributed by atoms with Crippen molar-refractivity contribution in [2.45, 2.75) is 40.3 Å². The number of pyridine rings is 1. The van der Waals surface area contributed by atoms with Gasteiger partial charge in [-0.1, -0.05) is 32.0 Å². The number of nitrogens with zero attached hydrogens (tertiary/aromatic N) is 2. The number of aryl methyl sites for hydroxylation is 1. The minimum Gasteiger partial charge on any atom is -0.309 e. The molecule has 0 amide bonds. The van der Waals surface area contributed by atoms with E-state index in [9.17, 15) is 0 Å². The molecular formula is C18H27N3. The summed E-state index contributed by atoms with van der Waals surface area (Å²) in [6.45, 7) is 13.0. The van der Waals surface area contributed by atoms with E-state index >= 15 is 0 Å². The lowest BCUT2D eigenvalue weighted by Gasteiger charge is -2.23. The fourth-order valence-electron chi connectivity index (χ4n) is 2.76. The van der Waals surface area contributed by atoms with Crippen LogP contribution in [0.5, 0.6) is 0 Å². The third-order valence-corrected chi connectivity index (χ3v) is 4.00. The molecule has 1 unspecified atom stereocenters. The Bertz CT molecular complexity index is 576. The van der Waals surface area contributed by atoms with E-state index in [4.69, 9.17) is 0 Å². The Morgan fingerprint density at radius 3 is 2.62 bits per heavy atom. The zero-order valence-electron chi connectivity index (χ0n) is 13.7. The summed E-state index contributed by atoms with van der Waals surface area (Å²) in [6, 6.07) is 11.1. The highest BCUT2D eigenvalue weighted by Gasteiger charge is 2.08. The van der Waals surface area contributed by atoms with Crippen molar-refractivity contribution in [1.82, 2.24) is 15.2 Å². The van der Waals surface area contributed by atoms with Crippen LogP contribution in [0.3, 0.4) is 0 Å². The molecule has 0 bridgehead atoms. The molecule has 0 fully saturated rings. The molecule has 0 radical (unpaired) electrons. The monoisotopic (exact) mass is 285 g/mol. The van der Waals surface area contributed by atoms with Gasteiger partial charge in [-0.05, 0) is 44.6 Å². The first-order chi connectivity index (χ1) is 10.1. The van der Waals surface area contributed by atoms with E-state index in [1.807, 2.05) is 0 Å². The summed E-state index contributed by atoms with van der Waals surface area (Å²) in [5.41, 5.74) is 3.51. The second-order valence-corrected chi connectivity index (χ2v) is 5.71. The molecule has 1 heterocycles. The molecule has 1 atom stereocenters. The minimum absolute atomic E-state index is 0.483. The summed E-state index contributed by atoms with van der Waals surface area (Å²) >= 11 is 0. The molecular weight excluding hydrogens is 258 g/mol. The molecule has 0 saturated heterocycles. The van der Waals surface area contributed by atoms with Gasteiger partial charge in [-0.15, -0.1) is 0 Å². The van der Waals surface area contributed by atoms with Gasteiger partial charge in [-0.25, -0.2) is 0 Å². The number of rotatable bonds is 7. The van der Waals surface area contributed by atoms with Crippen molar-refractivity contribution in [1.29, 1.82) is 0 Å². The second-order valence-electron chi connectivity index (χ2n) is 5.71. The van der Waals surface area contributed by atoms with Gasteiger partial charge in [-0.2, -0.15) is 0 Å². The van der Waals surface area contributed by atoms with Crippen molar-refractivity contribution in [3.63, 3.8) is 0 Å². The Labute approximate surface area is 128 Å². The van der Waals surface area contributed by atoms with Crippen LogP contribution in [0, 0.1) is 6.92 Å². The first kappa shape index (κ1) is 15.9. The van der Waals surface area contributed by atoms with E-state index in [2.05, 4.69) is 73.2 Å². The maximum atomic E-state index is 4.60. The molecule has 1 aromatic heterocycles. The lowest BCUT2D eigenvalue weighted by atomic mass is 10.1. The van der Waals surface area contributed by atoms with Crippen LogP contribution in [0.2, 0.25) is 0 Å². The fourth-order valence-corrected chi connectivity index (χ4v) is 2.76. The van der Waals surface area contributed by atoms with Crippen molar-refractivity contribution >= 4 is 10.9 Å². The Morgan fingerprint density at radius 1 is 1.19 bits per heavy atom. The zero-order valence-corrected chi connectivity index (χ0v) is 13.7. The number of likely N-dealkylation sites (N-methyl/N-ethyl adjacent to an activating group) is 1. The van der Waals surface area contributed by atoms with Gasteiger partial charge in [0.15, 0.2) is 0 Å². The molecule has 3 nitrogen and oxygen atoms in total. The smallest absolute Gasteiger partial charge is 0.0708 e. The molecule has 114 valence electrons. The number of nitrogens with one attached hydrogen (secondary N) is 1. The third-order valence-electron chi connectivity index (χ3n) is 4.00. The van der Waals surface area contributed by atoms with E-state index < -0.39 is 0 Å². The van der Waals surface area contributed by atoms with Crippen molar-refractivity contribution in [2.75, 3.05) is 19.6 Å². The van der Waals surface area contributed by atoms with Crippen LogP contribution in [-0.4, -0.2) is 35.6 Å². The molecule has 2 rings (SSSR count). The topological polar surface area (TPSA) is 28.2 Å². The number of benzene rings is 1. The highest BCUT2D eigenvalue weighted by Crippen LogP contribution is 2.18. The molecule has 1 N–H and O–H groups in total. The maximum Gasteiger partial charge on any atom is 0.0708 e. The first-order valence-corrected chi connectivity index (χ1v) is 7.95. The van der Waals surface area contributed by atoms with Gasteiger partial charge in [0.25, 0.3) is 0 Å². The molecule has 0 aliphatic carbocycles. The van der Waals surface area contributed by atoms with Gasteiger partial charge in [0.2, 0.25) is 0 Å². The van der Waals surface area contributed by atoms with E-state index in [-0.39, 0.29) is 0 Å². The number of hydrogen-bond donors (Lipinski definition) is 1. The first-order valence-electron chi connectivity index (χ1n) is 7.95. The largest absolute Gasteiger partial charge is 0.309 e. The van der Waals surface area contributed by atoms with Gasteiger partial charge >= 0.3 is 0 Å². The fraction of sp³-hybridized carbons (Fsp3) is 0.500. The Morgan fingerprint density at radius 2 is 1.90 bits per heavy atom. The normalized spacial score (nSPS) is 13.0. The van der Waals surface area contributed by atoms with Crippen molar-refractivity contribution in [3.8, 4) is 0 Å². The Hall–Kier alpha value is -1.45. The van der Waals surface area contributed by atoms with E-state index in [0.29, 0.717) is 6.04 Å². The summed E-state index contributed by atoms with van der Waals surface area (Å²) in [4.78, 5) is 7.05. The number of para-hydroxylation sites is 1. The van der Waals surface area contributed by atoms with Gasteiger partial charge < -0.3 is 10.2 Å². The molecule has 0 spiro atoms. The van der Waals surface area contributed by atoms with Gasteiger partial charge in [0.05, 0.1) is 5.52 Å². The number of hydrogen-bond acceptors (Lipinski definition) is 3. The van der Waals surface area contributed by atoms with E-state index in [0.717, 1.165) is 37.4 Å². The van der Waals surface area contributed by atoms with Crippen LogP contribution in [-0.2, 0) is 6.54 Å². The standard InChI is InChI=1S/C18H27N3/c1-5-21(6-2)13-15(4)19-12-16-11-14(3)20-18-10-8-7-9-17(16)18/h7-11,15,19H,5-6,12-13H2,1-4H3. The molecule has 21 heavy (non-hydrogen) atoms. The summed E-state index contributed by atoms with van der Waals surface area (Å²) in [5.74, 6) is 0. The van der Waals surface area contributed by atoms with Gasteiger partial charge in [0, 0.05) is 30.2 Å². The number of aromatic nitrogens is 1. The van der Waals surface area contributed by atoms with E-state index in [1.165, 1.54) is 10.9 Å². The van der Waals surface area contributed by atoms with Crippen molar-refractivity contribution < 1.29 is 0 Å². The van der Waals surface area contributed by atoms with Crippen molar-refractivity contribution in [3.05, 3.63) is 41.6 Å². The van der Waals surface area contributed by atoms with Crippen LogP contribution in [0.15, 0.2) is 30.3 Å². The molecule has 0 aliphatic heterocycles. The van der Waals surface area contributed by atoms with Crippen LogP contribution in [0.1, 0.15) is 32.0 Å². The van der Waals surface area contributed by atoms with Crippen molar-refractivity contribution in [2.24, 2.45) is 0 Å². The highest BCUT2D eigenvalue weighted by atomic mass is 15.1. The molecule has 3 heteroatoms. The average molecular weight is 285 g/mol. The Kier molecular flexibility index (Phi) is 5.71. The highest BCUT2D eigenvalue weighted by molar-refractivity contribution is 5.82. The summed E-state index contributed by atoms with van der Waals surface area (Å²) in [5, 5.41) is 4.90. The zero-order chi connectivity index (χ0) is 15.2. The summed E-state index contributed by atoms with van der Waals surface area (Å²) in [7, 11) is 0. The van der Waals surface area contributed by atoms with Crippen LogP contribution in [0.25, 0.3) is 10.9 Å². The summed E-state index contributed by atoms with van der Waals surface area (Å²) in [6.07, 6.45) is 0. The second kappa shape index (κ2) is 7.53. The molecule has 0 aliphatic rings. The minimum atomic E-state index is 0.483. The summed E-state index contributed by atoms with van der Waals surface area (Å²) < 4.78 is 0. The molecule has 2 aromatic rings. The molecule has 0 saturated carbocycles. The third kappa shape index (κ3) is 4.26. The SMILES string of the molecule is CCN(CC)CC(C)NCc1cc(C)nc2ccccc12.